The summed E-state index contributed by atoms with van der Waals surface area (Å²) in [5.74, 6) is 0.941. The van der Waals surface area contributed by atoms with Crippen LogP contribution in [0.25, 0.3) is 0 Å². The van der Waals surface area contributed by atoms with Crippen LogP contribution in [0.5, 0.6) is 0 Å². The standard InChI is InChI=1S/C16H31NO.C2H6/c1-15(2,3)14(18)13(17)11-16(4,5)12-9-7-6-8-10-12;1-2/h12-13H,6-11,17H2,1-5H3;1-2H3. The lowest BCUT2D eigenvalue weighted by atomic mass is 9.67. The molecule has 0 aromatic carbocycles. The summed E-state index contributed by atoms with van der Waals surface area (Å²) in [6.45, 7) is 14.5. The van der Waals surface area contributed by atoms with Crippen LogP contribution >= 0.6 is 0 Å². The maximum Gasteiger partial charge on any atom is 0.154 e. The molecule has 0 saturated heterocycles. The van der Waals surface area contributed by atoms with Gasteiger partial charge in [0.2, 0.25) is 0 Å². The van der Waals surface area contributed by atoms with Crippen molar-refractivity contribution in [2.24, 2.45) is 22.5 Å². The fraction of sp³-hybridized carbons (Fsp3) is 0.944. The molecule has 0 aliphatic heterocycles. The van der Waals surface area contributed by atoms with Crippen molar-refractivity contribution in [3.05, 3.63) is 0 Å². The van der Waals surface area contributed by atoms with Crippen molar-refractivity contribution < 1.29 is 4.79 Å². The van der Waals surface area contributed by atoms with E-state index in [9.17, 15) is 4.79 Å². The van der Waals surface area contributed by atoms with Crippen molar-refractivity contribution in [1.82, 2.24) is 0 Å². The van der Waals surface area contributed by atoms with Gasteiger partial charge in [-0.05, 0) is 30.6 Å². The Morgan fingerprint density at radius 1 is 1.05 bits per heavy atom. The Balaban J connectivity index is 0.00000172. The van der Waals surface area contributed by atoms with Gasteiger partial charge in [0, 0.05) is 5.41 Å². The molecule has 2 nitrogen and oxygen atoms in total. The van der Waals surface area contributed by atoms with Crippen molar-refractivity contribution in [3.63, 3.8) is 0 Å². The fourth-order valence-corrected chi connectivity index (χ4v) is 3.27. The average molecular weight is 284 g/mol. The van der Waals surface area contributed by atoms with Gasteiger partial charge in [-0.3, -0.25) is 4.79 Å². The summed E-state index contributed by atoms with van der Waals surface area (Å²) in [5.41, 5.74) is 6.02. The van der Waals surface area contributed by atoms with Crippen LogP contribution in [0.15, 0.2) is 0 Å². The largest absolute Gasteiger partial charge is 0.321 e. The summed E-state index contributed by atoms with van der Waals surface area (Å²) >= 11 is 0. The second kappa shape index (κ2) is 8.17. The Bertz CT molecular complexity index is 282. The van der Waals surface area contributed by atoms with E-state index in [4.69, 9.17) is 5.73 Å². The van der Waals surface area contributed by atoms with Gasteiger partial charge in [0.15, 0.2) is 5.78 Å². The number of nitrogens with two attached hydrogens (primary N) is 1. The fourth-order valence-electron chi connectivity index (χ4n) is 3.27. The molecule has 1 rings (SSSR count). The van der Waals surface area contributed by atoms with Crippen LogP contribution in [0.3, 0.4) is 0 Å². The van der Waals surface area contributed by atoms with Gasteiger partial charge in [-0.1, -0.05) is 67.7 Å². The smallest absolute Gasteiger partial charge is 0.154 e. The normalized spacial score (nSPS) is 19.0. The predicted octanol–water partition coefficient (Wildman–Crippen LogP) is 4.95. The molecule has 1 unspecified atom stereocenters. The minimum atomic E-state index is -0.317. The third-order valence-corrected chi connectivity index (χ3v) is 4.53. The maximum absolute atomic E-state index is 12.2. The Morgan fingerprint density at radius 3 is 1.90 bits per heavy atom. The number of carbonyl (C=O) groups excluding carboxylic acids is 1. The van der Waals surface area contributed by atoms with Crippen LogP contribution in [-0.2, 0) is 4.79 Å². The molecule has 1 atom stereocenters. The highest BCUT2D eigenvalue weighted by atomic mass is 16.1. The first-order chi connectivity index (χ1) is 9.14. The highest BCUT2D eigenvalue weighted by Crippen LogP contribution is 2.41. The van der Waals surface area contributed by atoms with Gasteiger partial charge in [-0.2, -0.15) is 0 Å². The molecular formula is C18H37NO. The predicted molar refractivity (Wildman–Crippen MR) is 88.8 cm³/mol. The Kier molecular flexibility index (Phi) is 8.01. The van der Waals surface area contributed by atoms with Gasteiger partial charge in [0.1, 0.15) is 0 Å². The Hall–Kier alpha value is -0.370. The van der Waals surface area contributed by atoms with E-state index >= 15 is 0 Å². The lowest BCUT2D eigenvalue weighted by molar-refractivity contribution is -0.128. The molecule has 0 radical (unpaired) electrons. The molecule has 1 aliphatic rings. The molecule has 1 saturated carbocycles. The van der Waals surface area contributed by atoms with Crippen LogP contribution in [0, 0.1) is 16.7 Å². The highest BCUT2D eigenvalue weighted by Gasteiger charge is 2.36. The second-order valence-corrected chi connectivity index (χ2v) is 7.75. The first kappa shape index (κ1) is 19.6. The number of ketones is 1. The van der Waals surface area contributed by atoms with Gasteiger partial charge < -0.3 is 5.73 Å². The Labute approximate surface area is 126 Å². The maximum atomic E-state index is 12.2. The molecule has 0 bridgehead atoms. The molecule has 0 aromatic rings. The lowest BCUT2D eigenvalue weighted by Crippen LogP contribution is -2.43. The van der Waals surface area contributed by atoms with E-state index in [1.165, 1.54) is 32.1 Å². The zero-order chi connectivity index (χ0) is 16.0. The van der Waals surface area contributed by atoms with Crippen molar-refractivity contribution in [1.29, 1.82) is 0 Å². The van der Waals surface area contributed by atoms with Gasteiger partial charge in [-0.15, -0.1) is 0 Å². The van der Waals surface area contributed by atoms with E-state index < -0.39 is 0 Å². The minimum absolute atomic E-state index is 0.195. The molecular weight excluding hydrogens is 246 g/mol. The topological polar surface area (TPSA) is 43.1 Å². The average Bonchev–Trinajstić information content (AvgIpc) is 2.39. The van der Waals surface area contributed by atoms with E-state index in [1.54, 1.807) is 0 Å². The summed E-state index contributed by atoms with van der Waals surface area (Å²) < 4.78 is 0. The van der Waals surface area contributed by atoms with Crippen molar-refractivity contribution in [2.45, 2.75) is 93.0 Å². The molecule has 2 N–H and O–H groups in total. The quantitative estimate of drug-likeness (QED) is 0.793. The zero-order valence-electron chi connectivity index (χ0n) is 14.9. The molecule has 1 aliphatic carbocycles. The van der Waals surface area contributed by atoms with Crippen LogP contribution in [-0.4, -0.2) is 11.8 Å². The number of rotatable bonds is 4. The SMILES string of the molecule is CC.CC(C)(C)C(=O)C(N)CC(C)(C)C1CCCCC1. The van der Waals surface area contributed by atoms with Crippen molar-refractivity contribution >= 4 is 5.78 Å². The van der Waals surface area contributed by atoms with Crippen molar-refractivity contribution in [3.8, 4) is 0 Å². The third-order valence-electron chi connectivity index (χ3n) is 4.53. The van der Waals surface area contributed by atoms with E-state index in [0.29, 0.717) is 0 Å². The summed E-state index contributed by atoms with van der Waals surface area (Å²) in [5, 5.41) is 0. The lowest BCUT2D eigenvalue weighted by Gasteiger charge is -2.39. The first-order valence-corrected chi connectivity index (χ1v) is 8.44. The highest BCUT2D eigenvalue weighted by molar-refractivity contribution is 5.88. The number of carbonyl (C=O) groups is 1. The number of Topliss-reactive ketones (excluding diaryl/α,β-unsaturated/α-hetero) is 1. The second-order valence-electron chi connectivity index (χ2n) is 7.75. The van der Waals surface area contributed by atoms with E-state index in [0.717, 1.165) is 12.3 Å². The summed E-state index contributed by atoms with van der Waals surface area (Å²) in [6.07, 6.45) is 7.51. The van der Waals surface area contributed by atoms with Gasteiger partial charge >= 0.3 is 0 Å². The molecule has 1 fully saturated rings. The molecule has 0 heterocycles. The first-order valence-electron chi connectivity index (χ1n) is 8.44. The van der Waals surface area contributed by atoms with Gasteiger partial charge in [-0.25, -0.2) is 0 Å². The Morgan fingerprint density at radius 2 is 1.50 bits per heavy atom. The molecule has 0 aromatic heterocycles. The summed E-state index contributed by atoms with van der Waals surface area (Å²) in [7, 11) is 0. The molecule has 120 valence electrons. The van der Waals surface area contributed by atoms with Crippen LogP contribution in [0.2, 0.25) is 0 Å². The minimum Gasteiger partial charge on any atom is -0.321 e. The summed E-state index contributed by atoms with van der Waals surface area (Å²) in [4.78, 5) is 12.2. The van der Waals surface area contributed by atoms with E-state index in [-0.39, 0.29) is 22.7 Å². The van der Waals surface area contributed by atoms with Gasteiger partial charge in [0.25, 0.3) is 0 Å². The third kappa shape index (κ3) is 5.95. The van der Waals surface area contributed by atoms with Crippen LogP contribution in [0.1, 0.15) is 87.0 Å². The zero-order valence-corrected chi connectivity index (χ0v) is 14.9. The molecule has 2 heteroatoms. The number of hydrogen-bond donors (Lipinski definition) is 1. The summed E-state index contributed by atoms with van der Waals surface area (Å²) in [6, 6.07) is -0.304. The van der Waals surface area contributed by atoms with Crippen LogP contribution < -0.4 is 5.73 Å². The molecule has 0 amide bonds. The van der Waals surface area contributed by atoms with E-state index in [1.807, 2.05) is 34.6 Å². The molecule has 0 spiro atoms. The van der Waals surface area contributed by atoms with Crippen LogP contribution in [0.4, 0.5) is 0 Å². The molecule has 20 heavy (non-hydrogen) atoms. The van der Waals surface area contributed by atoms with Crippen molar-refractivity contribution in [2.75, 3.05) is 0 Å². The number of hydrogen-bond acceptors (Lipinski definition) is 2. The van der Waals surface area contributed by atoms with Gasteiger partial charge in [0.05, 0.1) is 6.04 Å². The van der Waals surface area contributed by atoms with E-state index in [2.05, 4.69) is 13.8 Å². The monoisotopic (exact) mass is 283 g/mol.